The van der Waals surface area contributed by atoms with Gasteiger partial charge >= 0.3 is 25.7 Å². The maximum atomic E-state index is 12.9. The van der Waals surface area contributed by atoms with Crippen LogP contribution >= 0.6 is 7.82 Å². The smallest absolute Gasteiger partial charge is 0.462 e. The van der Waals surface area contributed by atoms with Gasteiger partial charge in [-0.1, -0.05) is 215 Å². The van der Waals surface area contributed by atoms with E-state index in [0.29, 0.717) is 19.3 Å². The molecule has 438 valence electrons. The van der Waals surface area contributed by atoms with Gasteiger partial charge in [0.1, 0.15) is 12.7 Å². The molecule has 0 aromatic rings. The van der Waals surface area contributed by atoms with Gasteiger partial charge in [0.15, 0.2) is 6.10 Å². The molecule has 0 aliphatic heterocycles. The summed E-state index contributed by atoms with van der Waals surface area (Å²) in [6.45, 7) is 4.46. The number of carbonyl (C=O) groups excluding carboxylic acids is 3. The van der Waals surface area contributed by atoms with E-state index in [4.69, 9.17) is 23.3 Å². The maximum Gasteiger partial charge on any atom is 0.472 e. The average molecular weight is 1090 g/mol. The SMILES string of the molecule is CC/C=C\C/C=C\C/C=C\C/C=C\CCCCC(=O)OC(CO)COP(=O)(O)OCC(COC(=O)CCCCCCCCC/C=C\C/C=C\CCCCC)OC(=O)CCCCCCCCC/C=C\CCCCCCCC. The normalized spacial score (nSPS) is 13.9. The number of allylic oxidation sites excluding steroid dienone is 14. The van der Waals surface area contributed by atoms with Gasteiger partial charge in [-0.15, -0.1) is 0 Å². The van der Waals surface area contributed by atoms with E-state index in [-0.39, 0.29) is 25.9 Å². The van der Waals surface area contributed by atoms with Crippen LogP contribution in [0.1, 0.15) is 265 Å². The lowest BCUT2D eigenvalue weighted by molar-refractivity contribution is -0.161. The van der Waals surface area contributed by atoms with Crippen LogP contribution < -0.4 is 0 Å². The van der Waals surface area contributed by atoms with Gasteiger partial charge in [0.05, 0.1) is 19.8 Å². The number of carbonyl (C=O) groups is 3. The van der Waals surface area contributed by atoms with Crippen molar-refractivity contribution in [3.05, 3.63) is 85.1 Å². The fourth-order valence-electron chi connectivity index (χ4n) is 8.14. The van der Waals surface area contributed by atoms with Crippen molar-refractivity contribution in [2.75, 3.05) is 26.4 Å². The highest BCUT2D eigenvalue weighted by atomic mass is 31.2. The highest BCUT2D eigenvalue weighted by Crippen LogP contribution is 2.43. The first kappa shape index (κ1) is 72.7. The number of aliphatic hydroxyl groups excluding tert-OH is 1. The molecule has 12 heteroatoms. The van der Waals surface area contributed by atoms with E-state index in [2.05, 4.69) is 106 Å². The number of phosphoric acid groups is 1. The van der Waals surface area contributed by atoms with Crippen molar-refractivity contribution in [3.63, 3.8) is 0 Å². The van der Waals surface area contributed by atoms with Gasteiger partial charge in [-0.2, -0.15) is 0 Å². The second-order valence-corrected chi connectivity index (χ2v) is 21.6. The Morgan fingerprint density at radius 2 is 0.684 bits per heavy atom. The molecule has 76 heavy (non-hydrogen) atoms. The minimum Gasteiger partial charge on any atom is -0.462 e. The number of phosphoric ester groups is 1. The first-order valence-electron chi connectivity index (χ1n) is 30.5. The van der Waals surface area contributed by atoms with Gasteiger partial charge in [-0.05, 0) is 116 Å². The van der Waals surface area contributed by atoms with Gasteiger partial charge in [0, 0.05) is 19.3 Å². The molecule has 3 unspecified atom stereocenters. The molecule has 0 aromatic carbocycles. The van der Waals surface area contributed by atoms with Gasteiger partial charge in [0.25, 0.3) is 0 Å². The van der Waals surface area contributed by atoms with Gasteiger partial charge in [-0.3, -0.25) is 23.4 Å². The van der Waals surface area contributed by atoms with Crippen molar-refractivity contribution < 1.29 is 52.2 Å². The van der Waals surface area contributed by atoms with Crippen molar-refractivity contribution >= 4 is 25.7 Å². The summed E-state index contributed by atoms with van der Waals surface area (Å²) in [5.41, 5.74) is 0. The van der Waals surface area contributed by atoms with Crippen LogP contribution in [0.5, 0.6) is 0 Å². The number of hydrogen-bond acceptors (Lipinski definition) is 10. The molecule has 0 rings (SSSR count). The number of rotatable bonds is 56. The Balaban J connectivity index is 4.77. The third-order valence-corrected chi connectivity index (χ3v) is 13.7. The number of esters is 3. The molecule has 0 spiro atoms. The molecule has 0 heterocycles. The first-order chi connectivity index (χ1) is 37.2. The summed E-state index contributed by atoms with van der Waals surface area (Å²) < 4.78 is 39.6. The lowest BCUT2D eigenvalue weighted by Gasteiger charge is -2.21. The molecule has 0 amide bonds. The third-order valence-electron chi connectivity index (χ3n) is 12.8. The molecule has 11 nitrogen and oxygen atoms in total. The zero-order valence-electron chi connectivity index (χ0n) is 48.5. The lowest BCUT2D eigenvalue weighted by atomic mass is 10.1. The van der Waals surface area contributed by atoms with E-state index in [1.807, 2.05) is 0 Å². The Kier molecular flexibility index (Phi) is 55.3. The Bertz CT molecular complexity index is 1600. The molecule has 2 N–H and O–H groups in total. The second-order valence-electron chi connectivity index (χ2n) is 20.1. The van der Waals surface area contributed by atoms with Gasteiger partial charge in [-0.25, -0.2) is 4.57 Å². The second kappa shape index (κ2) is 57.8. The summed E-state index contributed by atoms with van der Waals surface area (Å²) in [5.74, 6) is -1.52. The fourth-order valence-corrected chi connectivity index (χ4v) is 8.92. The molecule has 0 bridgehead atoms. The van der Waals surface area contributed by atoms with Crippen molar-refractivity contribution in [3.8, 4) is 0 Å². The first-order valence-corrected chi connectivity index (χ1v) is 32.0. The van der Waals surface area contributed by atoms with Crippen molar-refractivity contribution in [1.29, 1.82) is 0 Å². The molecular formula is C64H111O11P. The summed E-state index contributed by atoms with van der Waals surface area (Å²) in [4.78, 5) is 48.6. The topological polar surface area (TPSA) is 155 Å². The summed E-state index contributed by atoms with van der Waals surface area (Å²) in [6.07, 6.45) is 66.8. The summed E-state index contributed by atoms with van der Waals surface area (Å²) >= 11 is 0. The third kappa shape index (κ3) is 55.4. The molecule has 3 atom stereocenters. The monoisotopic (exact) mass is 1090 g/mol. The molecule has 0 saturated carbocycles. The van der Waals surface area contributed by atoms with Gasteiger partial charge < -0.3 is 24.2 Å². The van der Waals surface area contributed by atoms with Crippen LogP contribution in [-0.4, -0.2) is 66.5 Å². The molecule has 0 saturated heterocycles. The Morgan fingerprint density at radius 3 is 1.12 bits per heavy atom. The molecule has 0 aliphatic carbocycles. The summed E-state index contributed by atoms with van der Waals surface area (Å²) in [7, 11) is -4.77. The quantitative estimate of drug-likeness (QED) is 0.0197. The molecule has 0 fully saturated rings. The number of unbranched alkanes of at least 4 members (excludes halogenated alkanes) is 25. The largest absolute Gasteiger partial charge is 0.472 e. The number of aliphatic hydroxyl groups is 1. The van der Waals surface area contributed by atoms with Crippen LogP contribution in [0.2, 0.25) is 0 Å². The standard InChI is InChI=1S/C64H111O11P/c1-4-7-10-13-16-19-22-25-28-30-33-35-38-41-44-47-50-53-62(66)71-57-61(75-64(68)55-52-49-46-43-40-37-34-31-29-26-23-20-17-14-11-8-5-2)59-73-76(69,70)72-58-60(56-65)74-63(67)54-51-48-45-42-39-36-32-27-24-21-18-15-12-9-6-3/h9,12,16,18-19,21,25-29,32,39,42,60-61,65H,4-8,10-11,13-15,17,20,22-24,30-31,33-38,40-41,43-59H2,1-3H3,(H,69,70)/b12-9-,19-16-,21-18-,28-25-,29-26-,32-27-,42-39-. The number of hydrogen-bond donors (Lipinski definition) is 2. The molecule has 0 aliphatic rings. The van der Waals surface area contributed by atoms with E-state index in [1.165, 1.54) is 103 Å². The Labute approximate surface area is 464 Å². The van der Waals surface area contributed by atoms with E-state index in [0.717, 1.165) is 103 Å². The lowest BCUT2D eigenvalue weighted by Crippen LogP contribution is -2.30. The van der Waals surface area contributed by atoms with Gasteiger partial charge in [0.2, 0.25) is 0 Å². The van der Waals surface area contributed by atoms with Crippen molar-refractivity contribution in [2.24, 2.45) is 0 Å². The fraction of sp³-hybridized carbons (Fsp3) is 0.734. The Morgan fingerprint density at radius 1 is 0.382 bits per heavy atom. The van der Waals surface area contributed by atoms with Crippen LogP contribution in [0, 0.1) is 0 Å². The van der Waals surface area contributed by atoms with Crippen molar-refractivity contribution in [1.82, 2.24) is 0 Å². The van der Waals surface area contributed by atoms with Crippen LogP contribution in [0.4, 0.5) is 0 Å². The van der Waals surface area contributed by atoms with Crippen LogP contribution in [0.25, 0.3) is 0 Å². The van der Waals surface area contributed by atoms with E-state index in [9.17, 15) is 28.9 Å². The summed E-state index contributed by atoms with van der Waals surface area (Å²) in [5, 5.41) is 9.82. The zero-order valence-corrected chi connectivity index (χ0v) is 49.3. The van der Waals surface area contributed by atoms with E-state index < -0.39 is 57.8 Å². The molecular weight excluding hydrogens is 976 g/mol. The predicted molar refractivity (Wildman–Crippen MR) is 316 cm³/mol. The highest BCUT2D eigenvalue weighted by Gasteiger charge is 2.28. The van der Waals surface area contributed by atoms with Crippen LogP contribution in [0.15, 0.2) is 85.1 Å². The minimum absolute atomic E-state index is 0.122. The summed E-state index contributed by atoms with van der Waals surface area (Å²) in [6, 6.07) is 0. The highest BCUT2D eigenvalue weighted by molar-refractivity contribution is 7.47. The van der Waals surface area contributed by atoms with E-state index >= 15 is 0 Å². The van der Waals surface area contributed by atoms with Crippen LogP contribution in [-0.2, 0) is 42.2 Å². The predicted octanol–water partition coefficient (Wildman–Crippen LogP) is 18.3. The van der Waals surface area contributed by atoms with Crippen LogP contribution in [0.3, 0.4) is 0 Å². The molecule has 0 aromatic heterocycles. The minimum atomic E-state index is -4.77. The maximum absolute atomic E-state index is 12.9. The Hall–Kier alpha value is -3.34. The number of ether oxygens (including phenoxy) is 3. The average Bonchev–Trinajstić information content (AvgIpc) is 3.41. The molecule has 0 radical (unpaired) electrons. The van der Waals surface area contributed by atoms with Crippen molar-refractivity contribution in [2.45, 2.75) is 277 Å². The zero-order chi connectivity index (χ0) is 55.5. The van der Waals surface area contributed by atoms with E-state index in [1.54, 1.807) is 0 Å².